The molecule has 0 bridgehead atoms. The summed E-state index contributed by atoms with van der Waals surface area (Å²) in [6, 6.07) is 1.84. The van der Waals surface area contributed by atoms with Gasteiger partial charge in [0.15, 0.2) is 0 Å². The van der Waals surface area contributed by atoms with Crippen molar-refractivity contribution in [2.45, 2.75) is 19.4 Å². The van der Waals surface area contributed by atoms with Gasteiger partial charge in [-0.15, -0.1) is 0 Å². The van der Waals surface area contributed by atoms with Crippen molar-refractivity contribution in [3.05, 3.63) is 36.3 Å². The molecule has 0 radical (unpaired) electrons. The summed E-state index contributed by atoms with van der Waals surface area (Å²) in [6.45, 7) is 5.47. The second-order valence-corrected chi connectivity index (χ2v) is 2.70. The molecule has 1 heterocycles. The minimum absolute atomic E-state index is 0.451. The zero-order chi connectivity index (χ0) is 8.27. The Labute approximate surface area is 66.2 Å². The van der Waals surface area contributed by atoms with E-state index in [1.165, 1.54) is 0 Å². The van der Waals surface area contributed by atoms with Crippen LogP contribution in [0.25, 0.3) is 0 Å². The average molecular weight is 152 g/mol. The first kappa shape index (κ1) is 8.08. The minimum atomic E-state index is -0.451. The molecule has 0 spiro atoms. The number of hydrogen-bond acceptors (Lipinski definition) is 2. The molecule has 0 saturated carbocycles. The molecule has 1 aromatic heterocycles. The fourth-order valence-corrected chi connectivity index (χ4v) is 0.806. The van der Waals surface area contributed by atoms with Gasteiger partial charge >= 0.3 is 0 Å². The molecule has 0 aliphatic heterocycles. The van der Waals surface area contributed by atoms with Gasteiger partial charge in [-0.3, -0.25) is 0 Å². The van der Waals surface area contributed by atoms with Gasteiger partial charge in [0, 0.05) is 6.42 Å². The summed E-state index contributed by atoms with van der Waals surface area (Å²) in [5, 5.41) is 9.36. The number of aliphatic hydroxyl groups excluding tert-OH is 1. The van der Waals surface area contributed by atoms with E-state index in [4.69, 9.17) is 4.42 Å². The zero-order valence-electron chi connectivity index (χ0n) is 6.58. The van der Waals surface area contributed by atoms with Crippen LogP contribution in [-0.2, 0) is 6.42 Å². The third-order valence-corrected chi connectivity index (χ3v) is 1.58. The van der Waals surface area contributed by atoms with Crippen molar-refractivity contribution in [1.29, 1.82) is 0 Å². The highest BCUT2D eigenvalue weighted by molar-refractivity contribution is 5.11. The van der Waals surface area contributed by atoms with Gasteiger partial charge in [0.2, 0.25) is 0 Å². The fourth-order valence-electron chi connectivity index (χ4n) is 0.806. The highest BCUT2D eigenvalue weighted by atomic mass is 16.3. The Morgan fingerprint density at radius 1 is 1.82 bits per heavy atom. The van der Waals surface area contributed by atoms with Crippen LogP contribution in [0.1, 0.15) is 12.5 Å². The molecule has 0 aromatic carbocycles. The summed E-state index contributed by atoms with van der Waals surface area (Å²) in [4.78, 5) is 0. The summed E-state index contributed by atoms with van der Waals surface area (Å²) >= 11 is 0. The van der Waals surface area contributed by atoms with Crippen molar-refractivity contribution >= 4 is 0 Å². The maximum absolute atomic E-state index is 9.36. The third kappa shape index (κ3) is 2.24. The molecule has 1 rings (SSSR count). The van der Waals surface area contributed by atoms with Crippen molar-refractivity contribution in [3.8, 4) is 0 Å². The minimum Gasteiger partial charge on any atom is -0.472 e. The Balaban J connectivity index is 2.50. The van der Waals surface area contributed by atoms with E-state index in [-0.39, 0.29) is 0 Å². The lowest BCUT2D eigenvalue weighted by molar-refractivity contribution is 0.211. The van der Waals surface area contributed by atoms with Crippen LogP contribution in [0.15, 0.2) is 35.2 Å². The Hall–Kier alpha value is -1.02. The molecule has 0 aliphatic rings. The summed E-state index contributed by atoms with van der Waals surface area (Å²) < 4.78 is 4.85. The molecule has 0 amide bonds. The molecule has 0 saturated heterocycles. The van der Waals surface area contributed by atoms with E-state index in [1.54, 1.807) is 12.5 Å². The van der Waals surface area contributed by atoms with E-state index in [0.29, 0.717) is 6.42 Å². The largest absolute Gasteiger partial charge is 0.472 e. The predicted molar refractivity (Wildman–Crippen MR) is 43.2 cm³/mol. The molecule has 0 fully saturated rings. The van der Waals surface area contributed by atoms with Gasteiger partial charge in [0.1, 0.15) is 0 Å². The number of furan rings is 1. The van der Waals surface area contributed by atoms with Crippen LogP contribution in [0, 0.1) is 0 Å². The van der Waals surface area contributed by atoms with Gasteiger partial charge < -0.3 is 9.52 Å². The van der Waals surface area contributed by atoms with Crippen LogP contribution in [0.2, 0.25) is 0 Å². The molecule has 11 heavy (non-hydrogen) atoms. The number of hydrogen-bond donors (Lipinski definition) is 1. The Morgan fingerprint density at radius 2 is 2.55 bits per heavy atom. The lowest BCUT2D eigenvalue weighted by atomic mass is 10.1. The average Bonchev–Trinajstić information content (AvgIpc) is 2.39. The lowest BCUT2D eigenvalue weighted by Crippen LogP contribution is -2.10. The van der Waals surface area contributed by atoms with Gasteiger partial charge in [-0.1, -0.05) is 12.2 Å². The molecule has 1 aromatic rings. The third-order valence-electron chi connectivity index (χ3n) is 1.58. The molecular formula is C9H12O2. The predicted octanol–water partition coefficient (Wildman–Crippen LogP) is 1.76. The SMILES string of the molecule is C=C(C)C(O)Cc1ccoc1. The standard InChI is InChI=1S/C9H12O2/c1-7(2)9(10)5-8-3-4-11-6-8/h3-4,6,9-10H,1,5H2,2H3. The lowest BCUT2D eigenvalue weighted by Gasteiger charge is -2.06. The topological polar surface area (TPSA) is 33.4 Å². The Bertz CT molecular complexity index is 224. The molecule has 0 aliphatic carbocycles. The summed E-state index contributed by atoms with van der Waals surface area (Å²) in [6.07, 6.45) is 3.37. The number of rotatable bonds is 3. The van der Waals surface area contributed by atoms with E-state index < -0.39 is 6.10 Å². The molecule has 60 valence electrons. The Kier molecular flexibility index (Phi) is 2.49. The first-order valence-corrected chi connectivity index (χ1v) is 3.54. The highest BCUT2D eigenvalue weighted by Gasteiger charge is 2.05. The molecular weight excluding hydrogens is 140 g/mol. The molecule has 1 atom stereocenters. The monoisotopic (exact) mass is 152 g/mol. The summed E-state index contributed by atoms with van der Waals surface area (Å²) in [5.74, 6) is 0. The van der Waals surface area contributed by atoms with Crippen molar-refractivity contribution in [1.82, 2.24) is 0 Å². The first-order valence-electron chi connectivity index (χ1n) is 3.54. The quantitative estimate of drug-likeness (QED) is 0.669. The zero-order valence-corrected chi connectivity index (χ0v) is 6.58. The fraction of sp³-hybridized carbons (Fsp3) is 0.333. The molecule has 2 nitrogen and oxygen atoms in total. The van der Waals surface area contributed by atoms with E-state index >= 15 is 0 Å². The van der Waals surface area contributed by atoms with Crippen LogP contribution < -0.4 is 0 Å². The van der Waals surface area contributed by atoms with Crippen molar-refractivity contribution in [2.24, 2.45) is 0 Å². The van der Waals surface area contributed by atoms with E-state index in [9.17, 15) is 5.11 Å². The molecule has 1 unspecified atom stereocenters. The van der Waals surface area contributed by atoms with Crippen molar-refractivity contribution < 1.29 is 9.52 Å². The van der Waals surface area contributed by atoms with E-state index in [0.717, 1.165) is 11.1 Å². The molecule has 2 heteroatoms. The van der Waals surface area contributed by atoms with Crippen LogP contribution in [0.5, 0.6) is 0 Å². The van der Waals surface area contributed by atoms with Crippen LogP contribution >= 0.6 is 0 Å². The van der Waals surface area contributed by atoms with E-state index in [2.05, 4.69) is 6.58 Å². The second kappa shape index (κ2) is 3.39. The molecule has 1 N–H and O–H groups in total. The maximum Gasteiger partial charge on any atom is 0.0935 e. The van der Waals surface area contributed by atoms with Crippen LogP contribution in [0.3, 0.4) is 0 Å². The van der Waals surface area contributed by atoms with E-state index in [1.807, 2.05) is 13.0 Å². The van der Waals surface area contributed by atoms with Gasteiger partial charge in [-0.2, -0.15) is 0 Å². The second-order valence-electron chi connectivity index (χ2n) is 2.70. The van der Waals surface area contributed by atoms with Crippen LogP contribution in [-0.4, -0.2) is 11.2 Å². The van der Waals surface area contributed by atoms with Gasteiger partial charge in [0.05, 0.1) is 18.6 Å². The van der Waals surface area contributed by atoms with Gasteiger partial charge in [-0.25, -0.2) is 0 Å². The Morgan fingerprint density at radius 3 is 3.00 bits per heavy atom. The van der Waals surface area contributed by atoms with Crippen LogP contribution in [0.4, 0.5) is 0 Å². The highest BCUT2D eigenvalue weighted by Crippen LogP contribution is 2.08. The summed E-state index contributed by atoms with van der Waals surface area (Å²) in [5.41, 5.74) is 1.78. The van der Waals surface area contributed by atoms with Gasteiger partial charge in [0.25, 0.3) is 0 Å². The maximum atomic E-state index is 9.36. The van der Waals surface area contributed by atoms with Gasteiger partial charge in [-0.05, 0) is 18.6 Å². The van der Waals surface area contributed by atoms with Crippen molar-refractivity contribution in [3.63, 3.8) is 0 Å². The normalized spacial score (nSPS) is 12.9. The first-order chi connectivity index (χ1) is 5.20. The van der Waals surface area contributed by atoms with Crippen molar-refractivity contribution in [2.75, 3.05) is 0 Å². The number of aliphatic hydroxyl groups is 1. The summed E-state index contributed by atoms with van der Waals surface area (Å²) in [7, 11) is 0. The smallest absolute Gasteiger partial charge is 0.0935 e.